The van der Waals surface area contributed by atoms with Crippen molar-refractivity contribution in [2.24, 2.45) is 5.16 Å². The molecule has 2 aliphatic rings. The van der Waals surface area contributed by atoms with E-state index >= 15 is 0 Å². The van der Waals surface area contributed by atoms with Crippen molar-refractivity contribution in [2.75, 3.05) is 0 Å². The highest BCUT2D eigenvalue weighted by molar-refractivity contribution is 6.01. The van der Waals surface area contributed by atoms with E-state index < -0.39 is 0 Å². The van der Waals surface area contributed by atoms with Gasteiger partial charge in [-0.15, -0.1) is 0 Å². The van der Waals surface area contributed by atoms with E-state index in [0.717, 1.165) is 11.3 Å². The van der Waals surface area contributed by atoms with Gasteiger partial charge in [-0.05, 0) is 25.0 Å². The molecule has 1 saturated heterocycles. The minimum atomic E-state index is -0.386. The zero-order valence-electron chi connectivity index (χ0n) is 15.1. The van der Waals surface area contributed by atoms with Gasteiger partial charge in [0.25, 0.3) is 0 Å². The predicted octanol–water partition coefficient (Wildman–Crippen LogP) is 3.57. The molecule has 0 radical (unpaired) electrons. The van der Waals surface area contributed by atoms with Crippen LogP contribution < -0.4 is 0 Å². The third-order valence-electron chi connectivity index (χ3n) is 5.01. The molecule has 0 unspecified atom stereocenters. The average molecular weight is 349 g/mol. The van der Waals surface area contributed by atoms with E-state index in [1.54, 1.807) is 5.01 Å². The van der Waals surface area contributed by atoms with Crippen molar-refractivity contribution in [2.45, 2.75) is 45.0 Å². The lowest BCUT2D eigenvalue weighted by molar-refractivity contribution is -0.178. The van der Waals surface area contributed by atoms with Crippen molar-refractivity contribution in [3.8, 4) is 0 Å². The fraction of sp³-hybridized carbons (Fsp3) is 0.333. The quantitative estimate of drug-likeness (QED) is 0.848. The van der Waals surface area contributed by atoms with Crippen molar-refractivity contribution in [1.29, 1.82) is 0 Å². The van der Waals surface area contributed by atoms with E-state index in [-0.39, 0.29) is 17.7 Å². The molecular formula is C21H23N3O2. The topological polar surface area (TPSA) is 45.1 Å². The molecule has 0 aliphatic carbocycles. The van der Waals surface area contributed by atoms with E-state index in [0.29, 0.717) is 19.4 Å². The van der Waals surface area contributed by atoms with Crippen molar-refractivity contribution in [3.05, 3.63) is 71.8 Å². The summed E-state index contributed by atoms with van der Waals surface area (Å²) in [5.74, 6) is 0.0837. The Hall–Kier alpha value is -2.66. The lowest BCUT2D eigenvalue weighted by Gasteiger charge is -2.38. The largest absolute Gasteiger partial charge is 0.368 e. The van der Waals surface area contributed by atoms with Crippen molar-refractivity contribution >= 4 is 11.6 Å². The van der Waals surface area contributed by atoms with Crippen LogP contribution in [0.3, 0.4) is 0 Å². The Morgan fingerprint density at radius 2 is 1.73 bits per heavy atom. The smallest absolute Gasteiger partial charge is 0.242 e. The molecule has 5 heteroatoms. The van der Waals surface area contributed by atoms with E-state index in [1.807, 2.05) is 48.5 Å². The molecule has 26 heavy (non-hydrogen) atoms. The summed E-state index contributed by atoms with van der Waals surface area (Å²) in [6.07, 6.45) is 0.681. The number of carbonyl (C=O) groups excluding carboxylic acids is 1. The number of carbonyl (C=O) groups is 1. The molecule has 2 aromatic carbocycles. The molecule has 0 N–H and O–H groups in total. The van der Waals surface area contributed by atoms with E-state index in [9.17, 15) is 4.79 Å². The van der Waals surface area contributed by atoms with Gasteiger partial charge in [-0.25, -0.2) is 10.0 Å². The normalized spacial score (nSPS) is 22.4. The number of hydrazine groups is 1. The summed E-state index contributed by atoms with van der Waals surface area (Å²) < 4.78 is 0. The minimum Gasteiger partial charge on any atom is -0.368 e. The highest BCUT2D eigenvalue weighted by Crippen LogP contribution is 2.35. The first-order valence-corrected chi connectivity index (χ1v) is 8.96. The monoisotopic (exact) mass is 349 g/mol. The molecule has 0 spiro atoms. The van der Waals surface area contributed by atoms with Crippen LogP contribution in [-0.2, 0) is 16.2 Å². The fourth-order valence-electron chi connectivity index (χ4n) is 3.63. The number of nitrogens with zero attached hydrogens (tertiary/aromatic N) is 3. The molecule has 0 aromatic heterocycles. The molecular weight excluding hydrogens is 326 g/mol. The molecule has 0 saturated carbocycles. The van der Waals surface area contributed by atoms with Crippen LogP contribution >= 0.6 is 0 Å². The lowest BCUT2D eigenvalue weighted by Crippen LogP contribution is -2.51. The zero-order chi connectivity index (χ0) is 18.1. The van der Waals surface area contributed by atoms with Crippen molar-refractivity contribution < 1.29 is 9.63 Å². The zero-order valence-corrected chi connectivity index (χ0v) is 15.1. The molecule has 134 valence electrons. The van der Waals surface area contributed by atoms with Gasteiger partial charge >= 0.3 is 0 Å². The maximum Gasteiger partial charge on any atom is 0.242 e. The van der Waals surface area contributed by atoms with Gasteiger partial charge in [-0.3, -0.25) is 4.79 Å². The highest BCUT2D eigenvalue weighted by atomic mass is 16.7. The van der Waals surface area contributed by atoms with Gasteiger partial charge in [0.2, 0.25) is 12.1 Å². The van der Waals surface area contributed by atoms with E-state index in [2.05, 4.69) is 36.1 Å². The van der Waals surface area contributed by atoms with Crippen LogP contribution in [-0.4, -0.2) is 33.4 Å². The van der Waals surface area contributed by atoms with Crippen molar-refractivity contribution in [3.63, 3.8) is 0 Å². The Labute approximate surface area is 153 Å². The van der Waals surface area contributed by atoms with Crippen LogP contribution in [0.2, 0.25) is 0 Å². The van der Waals surface area contributed by atoms with Gasteiger partial charge in [0.05, 0.1) is 12.1 Å². The van der Waals surface area contributed by atoms with Crippen LogP contribution in [0.25, 0.3) is 0 Å². The highest BCUT2D eigenvalue weighted by Gasteiger charge is 2.48. The van der Waals surface area contributed by atoms with Gasteiger partial charge in [0, 0.05) is 18.5 Å². The number of oxime groups is 1. The van der Waals surface area contributed by atoms with E-state index in [4.69, 9.17) is 4.84 Å². The van der Waals surface area contributed by atoms with Crippen LogP contribution in [0.1, 0.15) is 37.8 Å². The Kier molecular flexibility index (Phi) is 4.24. The van der Waals surface area contributed by atoms with Gasteiger partial charge < -0.3 is 4.84 Å². The standard InChI is InChI=1S/C21H23N3O2/c1-21(2)14-19(25)24(23(21)15-16-9-5-3-6-10-16)20-13-18(22-26-20)17-11-7-4-8-12-17/h3-12,20H,13-15H2,1-2H3/t20-/m1/s1. The first-order valence-electron chi connectivity index (χ1n) is 8.96. The van der Waals surface area contributed by atoms with Gasteiger partial charge in [0.15, 0.2) is 0 Å². The second-order valence-electron chi connectivity index (χ2n) is 7.44. The maximum atomic E-state index is 12.8. The molecule has 1 atom stereocenters. The first-order chi connectivity index (χ1) is 12.5. The summed E-state index contributed by atoms with van der Waals surface area (Å²) in [7, 11) is 0. The Balaban J connectivity index is 1.55. The summed E-state index contributed by atoms with van der Waals surface area (Å²) in [5.41, 5.74) is 2.83. The number of hydrogen-bond donors (Lipinski definition) is 0. The first kappa shape index (κ1) is 16.8. The van der Waals surface area contributed by atoms with Crippen LogP contribution in [0.4, 0.5) is 0 Å². The Morgan fingerprint density at radius 3 is 2.42 bits per heavy atom. The lowest BCUT2D eigenvalue weighted by atomic mass is 10.0. The van der Waals surface area contributed by atoms with Gasteiger partial charge in [-0.1, -0.05) is 65.8 Å². The minimum absolute atomic E-state index is 0.0837. The Bertz CT molecular complexity index is 818. The number of benzene rings is 2. The molecule has 5 nitrogen and oxygen atoms in total. The number of hydrogen-bond acceptors (Lipinski definition) is 4. The number of amides is 1. The second-order valence-corrected chi connectivity index (χ2v) is 7.44. The predicted molar refractivity (Wildman–Crippen MR) is 100.0 cm³/mol. The summed E-state index contributed by atoms with van der Waals surface area (Å²) in [5, 5.41) is 8.15. The van der Waals surface area contributed by atoms with Crippen molar-refractivity contribution in [1.82, 2.24) is 10.0 Å². The average Bonchev–Trinajstić information content (AvgIpc) is 3.19. The molecule has 1 fully saturated rings. The van der Waals surface area contributed by atoms with Gasteiger partial charge in [0.1, 0.15) is 0 Å². The second kappa shape index (κ2) is 6.57. The molecule has 2 aliphatic heterocycles. The summed E-state index contributed by atoms with van der Waals surface area (Å²) >= 11 is 0. The van der Waals surface area contributed by atoms with Gasteiger partial charge in [-0.2, -0.15) is 0 Å². The molecule has 2 aromatic rings. The summed E-state index contributed by atoms with van der Waals surface area (Å²) in [6, 6.07) is 20.2. The van der Waals surface area contributed by atoms with Crippen LogP contribution in [0, 0.1) is 0 Å². The third kappa shape index (κ3) is 3.10. The third-order valence-corrected chi connectivity index (χ3v) is 5.01. The summed E-state index contributed by atoms with van der Waals surface area (Å²) in [4.78, 5) is 18.5. The maximum absolute atomic E-state index is 12.8. The molecule has 4 rings (SSSR count). The van der Waals surface area contributed by atoms with E-state index in [1.165, 1.54) is 5.56 Å². The van der Waals surface area contributed by atoms with Crippen LogP contribution in [0.5, 0.6) is 0 Å². The molecule has 2 heterocycles. The Morgan fingerprint density at radius 1 is 1.08 bits per heavy atom. The fourth-order valence-corrected chi connectivity index (χ4v) is 3.63. The molecule has 1 amide bonds. The summed E-state index contributed by atoms with van der Waals surface area (Å²) in [6.45, 7) is 4.86. The number of rotatable bonds is 4. The SMILES string of the molecule is CC1(C)CC(=O)N([C@H]2CC(c3ccccc3)=NO2)N1Cc1ccccc1. The van der Waals surface area contributed by atoms with Crippen LogP contribution in [0.15, 0.2) is 65.8 Å². The molecule has 0 bridgehead atoms.